The molecule has 0 radical (unpaired) electrons. The van der Waals surface area contributed by atoms with E-state index in [1.807, 2.05) is 48.9 Å². The summed E-state index contributed by atoms with van der Waals surface area (Å²) in [6.07, 6.45) is 4.56. The zero-order valence-electron chi connectivity index (χ0n) is 16.5. The van der Waals surface area contributed by atoms with E-state index < -0.39 is 0 Å². The molecule has 0 spiro atoms. The molecule has 2 N–H and O–H groups in total. The van der Waals surface area contributed by atoms with Crippen LogP contribution in [0, 0.1) is 11.3 Å². The molecule has 0 saturated carbocycles. The monoisotopic (exact) mass is 414 g/mol. The molecular weight excluding hydrogens is 392 g/mol. The maximum Gasteiger partial charge on any atom is 0.0991 e. The van der Waals surface area contributed by atoms with Crippen molar-refractivity contribution in [2.45, 2.75) is 19.5 Å². The molecule has 4 rings (SSSR count). The number of nitriles is 1. The average Bonchev–Trinajstić information content (AvgIpc) is 3.21. The number of hydrogen-bond acceptors (Lipinski definition) is 3. The van der Waals surface area contributed by atoms with Crippen molar-refractivity contribution < 1.29 is 0 Å². The fourth-order valence-electron chi connectivity index (χ4n) is 3.51. The quantitative estimate of drug-likeness (QED) is 0.485. The van der Waals surface area contributed by atoms with Gasteiger partial charge in [0.15, 0.2) is 0 Å². The van der Waals surface area contributed by atoms with Gasteiger partial charge in [-0.1, -0.05) is 60.7 Å². The van der Waals surface area contributed by atoms with Crippen molar-refractivity contribution >= 4 is 12.4 Å². The highest BCUT2D eigenvalue weighted by molar-refractivity contribution is 5.85. The largest absolute Gasteiger partial charge is 0.330 e. The molecule has 0 saturated heterocycles. The first-order valence-electron chi connectivity index (χ1n) is 9.62. The smallest absolute Gasteiger partial charge is 0.0991 e. The Bertz CT molecular complexity index is 1140. The second-order valence-electron chi connectivity index (χ2n) is 7.06. The Kier molecular flexibility index (Phi) is 7.03. The summed E-state index contributed by atoms with van der Waals surface area (Å²) in [5, 5.41) is 8.94. The molecular formula is C25H23ClN4. The predicted octanol–water partition coefficient (Wildman–Crippen LogP) is 4.94. The molecule has 4 nitrogen and oxygen atoms in total. The van der Waals surface area contributed by atoms with Crippen LogP contribution in [0.2, 0.25) is 0 Å². The number of rotatable bonds is 6. The first kappa shape index (κ1) is 21.3. The third-order valence-corrected chi connectivity index (χ3v) is 5.12. The molecule has 1 aromatic heterocycles. The van der Waals surface area contributed by atoms with Crippen LogP contribution in [0.25, 0.3) is 11.1 Å². The maximum absolute atomic E-state index is 8.94. The van der Waals surface area contributed by atoms with Crippen molar-refractivity contribution in [3.8, 4) is 17.2 Å². The van der Waals surface area contributed by atoms with Crippen molar-refractivity contribution in [1.82, 2.24) is 9.55 Å². The van der Waals surface area contributed by atoms with E-state index in [4.69, 9.17) is 11.0 Å². The van der Waals surface area contributed by atoms with Gasteiger partial charge in [-0.15, -0.1) is 12.4 Å². The molecule has 3 aromatic carbocycles. The fourth-order valence-corrected chi connectivity index (χ4v) is 3.51. The standard InChI is InChI=1S/C25H22N4.ClH/c26-14-20-7-5-19(6-8-20)13-24-16-28-18-29(24)17-21-9-11-22(12-10-21)25-4-2-1-3-23(25)15-27;/h1-12,16,18H,13,15,17,27H2;1H. The van der Waals surface area contributed by atoms with E-state index in [1.54, 1.807) is 0 Å². The highest BCUT2D eigenvalue weighted by Crippen LogP contribution is 2.24. The van der Waals surface area contributed by atoms with E-state index in [9.17, 15) is 0 Å². The molecule has 0 fully saturated rings. The van der Waals surface area contributed by atoms with Gasteiger partial charge in [-0.25, -0.2) is 4.98 Å². The van der Waals surface area contributed by atoms with Crippen molar-refractivity contribution in [1.29, 1.82) is 5.26 Å². The van der Waals surface area contributed by atoms with Crippen LogP contribution in [0.3, 0.4) is 0 Å². The molecule has 150 valence electrons. The van der Waals surface area contributed by atoms with Gasteiger partial charge in [0.1, 0.15) is 0 Å². The first-order chi connectivity index (χ1) is 14.3. The Morgan fingerprint density at radius 3 is 2.30 bits per heavy atom. The summed E-state index contributed by atoms with van der Waals surface area (Å²) in [6.45, 7) is 1.30. The summed E-state index contributed by atoms with van der Waals surface area (Å²) in [7, 11) is 0. The lowest BCUT2D eigenvalue weighted by Crippen LogP contribution is -2.04. The summed E-state index contributed by atoms with van der Waals surface area (Å²) in [4.78, 5) is 4.33. The molecule has 30 heavy (non-hydrogen) atoms. The number of benzene rings is 3. The molecule has 4 aromatic rings. The highest BCUT2D eigenvalue weighted by atomic mass is 35.5. The topological polar surface area (TPSA) is 67.6 Å². The van der Waals surface area contributed by atoms with Crippen LogP contribution >= 0.6 is 12.4 Å². The molecule has 0 aliphatic carbocycles. The van der Waals surface area contributed by atoms with E-state index >= 15 is 0 Å². The van der Waals surface area contributed by atoms with Crippen LogP contribution in [-0.2, 0) is 19.5 Å². The van der Waals surface area contributed by atoms with E-state index in [2.05, 4.69) is 52.0 Å². The van der Waals surface area contributed by atoms with Gasteiger partial charge in [-0.3, -0.25) is 0 Å². The summed E-state index contributed by atoms with van der Waals surface area (Å²) < 4.78 is 2.17. The van der Waals surface area contributed by atoms with E-state index in [1.165, 1.54) is 22.3 Å². The number of aromatic nitrogens is 2. The van der Waals surface area contributed by atoms with Crippen LogP contribution in [0.1, 0.15) is 27.9 Å². The zero-order valence-corrected chi connectivity index (χ0v) is 17.3. The summed E-state index contributed by atoms with van der Waals surface area (Å²) >= 11 is 0. The van der Waals surface area contributed by atoms with E-state index in [0.717, 1.165) is 24.2 Å². The second-order valence-corrected chi connectivity index (χ2v) is 7.06. The Balaban J connectivity index is 0.00000256. The molecule has 0 amide bonds. The SMILES string of the molecule is Cl.N#Cc1ccc(Cc2cncn2Cc2ccc(-c3ccccc3CN)cc2)cc1. The fraction of sp³-hybridized carbons (Fsp3) is 0.120. The Morgan fingerprint density at radius 1 is 0.900 bits per heavy atom. The molecule has 0 unspecified atom stereocenters. The van der Waals surface area contributed by atoms with Crippen molar-refractivity contribution in [2.75, 3.05) is 0 Å². The summed E-state index contributed by atoms with van der Waals surface area (Å²) in [5.41, 5.74) is 13.6. The Morgan fingerprint density at radius 2 is 1.60 bits per heavy atom. The third kappa shape index (κ3) is 4.77. The second kappa shape index (κ2) is 9.89. The van der Waals surface area contributed by atoms with Gasteiger partial charge < -0.3 is 10.3 Å². The van der Waals surface area contributed by atoms with Crippen LogP contribution in [0.5, 0.6) is 0 Å². The lowest BCUT2D eigenvalue weighted by Gasteiger charge is -2.11. The van der Waals surface area contributed by atoms with Gasteiger partial charge in [0.2, 0.25) is 0 Å². The highest BCUT2D eigenvalue weighted by Gasteiger charge is 2.07. The normalized spacial score (nSPS) is 10.3. The third-order valence-electron chi connectivity index (χ3n) is 5.12. The zero-order chi connectivity index (χ0) is 20.1. The van der Waals surface area contributed by atoms with Crippen molar-refractivity contribution in [2.24, 2.45) is 5.73 Å². The van der Waals surface area contributed by atoms with Gasteiger partial charge >= 0.3 is 0 Å². The van der Waals surface area contributed by atoms with Gasteiger partial charge in [-0.05, 0) is 39.9 Å². The summed E-state index contributed by atoms with van der Waals surface area (Å²) in [6, 6.07) is 26.7. The number of nitrogens with zero attached hydrogens (tertiary/aromatic N) is 3. The van der Waals surface area contributed by atoms with Crippen LogP contribution in [0.15, 0.2) is 85.3 Å². The maximum atomic E-state index is 8.94. The van der Waals surface area contributed by atoms with Crippen LogP contribution in [0.4, 0.5) is 0 Å². The van der Waals surface area contributed by atoms with E-state index in [0.29, 0.717) is 12.1 Å². The van der Waals surface area contributed by atoms with Gasteiger partial charge in [0.05, 0.1) is 18.0 Å². The van der Waals surface area contributed by atoms with Crippen molar-refractivity contribution in [3.63, 3.8) is 0 Å². The molecule has 1 heterocycles. The van der Waals surface area contributed by atoms with Crippen molar-refractivity contribution in [3.05, 3.63) is 113 Å². The van der Waals surface area contributed by atoms with Gasteiger partial charge in [0, 0.05) is 31.4 Å². The van der Waals surface area contributed by atoms with E-state index in [-0.39, 0.29) is 12.4 Å². The molecule has 0 aliphatic rings. The minimum atomic E-state index is 0. The molecule has 0 aliphatic heterocycles. The minimum Gasteiger partial charge on any atom is -0.330 e. The first-order valence-corrected chi connectivity index (χ1v) is 9.62. The average molecular weight is 415 g/mol. The predicted molar refractivity (Wildman–Crippen MR) is 122 cm³/mol. The number of halogens is 1. The Hall–Kier alpha value is -3.39. The van der Waals surface area contributed by atoms with Gasteiger partial charge in [-0.2, -0.15) is 5.26 Å². The molecule has 0 atom stereocenters. The number of hydrogen-bond donors (Lipinski definition) is 1. The van der Waals surface area contributed by atoms with Gasteiger partial charge in [0.25, 0.3) is 0 Å². The minimum absolute atomic E-state index is 0. The lowest BCUT2D eigenvalue weighted by molar-refractivity contribution is 0.753. The number of nitrogens with two attached hydrogens (primary N) is 1. The summed E-state index contributed by atoms with van der Waals surface area (Å²) in [5.74, 6) is 0. The molecule has 0 bridgehead atoms. The number of imidazole rings is 1. The lowest BCUT2D eigenvalue weighted by atomic mass is 9.99. The molecule has 5 heteroatoms. The van der Waals surface area contributed by atoms with Crippen LogP contribution < -0.4 is 5.73 Å². The van der Waals surface area contributed by atoms with Crippen LogP contribution in [-0.4, -0.2) is 9.55 Å². The Labute approximate surface area is 183 Å².